The van der Waals surface area contributed by atoms with Gasteiger partial charge in [-0.15, -0.1) is 0 Å². The molecular weight excluding hydrogens is 260 g/mol. The molecule has 0 radical (unpaired) electrons. The number of unbranched alkanes of at least 4 members (excludes halogenated alkanes) is 8. The van der Waals surface area contributed by atoms with E-state index in [-0.39, 0.29) is 0 Å². The van der Waals surface area contributed by atoms with Crippen molar-refractivity contribution in [3.05, 3.63) is 0 Å². The zero-order valence-corrected chi connectivity index (χ0v) is 14.6. The highest BCUT2D eigenvalue weighted by molar-refractivity contribution is 4.76. The molecule has 0 bridgehead atoms. The lowest BCUT2D eigenvalue weighted by molar-refractivity contribution is 0.350. The SMILES string of the molecule is CNCCCCCCCCCCCC(N)(N)CCCNC. The lowest BCUT2D eigenvalue weighted by atomic mass is 9.97. The molecule has 0 aromatic carbocycles. The van der Waals surface area contributed by atoms with Gasteiger partial charge in [0.2, 0.25) is 0 Å². The third-order valence-corrected chi connectivity index (χ3v) is 4.14. The van der Waals surface area contributed by atoms with Crippen molar-refractivity contribution in [1.29, 1.82) is 0 Å². The van der Waals surface area contributed by atoms with Gasteiger partial charge in [-0.2, -0.15) is 0 Å². The Bertz CT molecular complexity index is 207. The number of nitrogens with two attached hydrogens (primary N) is 2. The van der Waals surface area contributed by atoms with Gasteiger partial charge in [0, 0.05) is 0 Å². The molecule has 21 heavy (non-hydrogen) atoms. The highest BCUT2D eigenvalue weighted by Crippen LogP contribution is 2.15. The zero-order chi connectivity index (χ0) is 15.8. The van der Waals surface area contributed by atoms with Crippen molar-refractivity contribution in [3.8, 4) is 0 Å². The minimum atomic E-state index is -0.454. The molecule has 0 saturated heterocycles. The molecule has 0 spiro atoms. The quantitative estimate of drug-likeness (QED) is 0.261. The Morgan fingerprint density at radius 3 is 1.48 bits per heavy atom. The van der Waals surface area contributed by atoms with E-state index in [4.69, 9.17) is 11.5 Å². The molecule has 0 aromatic rings. The second-order valence-corrected chi connectivity index (χ2v) is 6.48. The van der Waals surface area contributed by atoms with E-state index < -0.39 is 5.66 Å². The molecule has 128 valence electrons. The van der Waals surface area contributed by atoms with Crippen LogP contribution >= 0.6 is 0 Å². The Labute approximate surface area is 132 Å². The first-order chi connectivity index (χ1) is 10.1. The van der Waals surface area contributed by atoms with Crippen LogP contribution in [0.5, 0.6) is 0 Å². The van der Waals surface area contributed by atoms with Crippen LogP contribution in [-0.2, 0) is 0 Å². The van der Waals surface area contributed by atoms with E-state index in [2.05, 4.69) is 10.6 Å². The fraction of sp³-hybridized carbons (Fsp3) is 1.00. The summed E-state index contributed by atoms with van der Waals surface area (Å²) in [5.41, 5.74) is 11.8. The molecular formula is C17H40N4. The van der Waals surface area contributed by atoms with Crippen LogP contribution in [0.4, 0.5) is 0 Å². The van der Waals surface area contributed by atoms with Crippen LogP contribution in [-0.4, -0.2) is 32.8 Å². The monoisotopic (exact) mass is 300 g/mol. The van der Waals surface area contributed by atoms with Crippen LogP contribution in [0.15, 0.2) is 0 Å². The summed E-state index contributed by atoms with van der Waals surface area (Å²) in [6.45, 7) is 2.17. The van der Waals surface area contributed by atoms with Crippen molar-refractivity contribution in [2.45, 2.75) is 82.7 Å². The van der Waals surface area contributed by atoms with E-state index in [1.165, 1.54) is 57.8 Å². The molecule has 4 nitrogen and oxygen atoms in total. The maximum atomic E-state index is 6.12. The lowest BCUT2D eigenvalue weighted by Gasteiger charge is -2.24. The summed E-state index contributed by atoms with van der Waals surface area (Å²) in [6, 6.07) is 0. The van der Waals surface area contributed by atoms with Gasteiger partial charge in [0.1, 0.15) is 0 Å². The summed E-state index contributed by atoms with van der Waals surface area (Å²) in [5, 5.41) is 6.33. The van der Waals surface area contributed by atoms with Crippen molar-refractivity contribution < 1.29 is 0 Å². The second kappa shape index (κ2) is 14.8. The van der Waals surface area contributed by atoms with Crippen molar-refractivity contribution in [2.24, 2.45) is 11.5 Å². The number of hydrogen-bond acceptors (Lipinski definition) is 4. The third-order valence-electron chi connectivity index (χ3n) is 4.14. The lowest BCUT2D eigenvalue weighted by Crippen LogP contribution is -2.49. The highest BCUT2D eigenvalue weighted by Gasteiger charge is 2.17. The average molecular weight is 301 g/mol. The van der Waals surface area contributed by atoms with Crippen LogP contribution in [0.2, 0.25) is 0 Å². The maximum Gasteiger partial charge on any atom is 0.0637 e. The fourth-order valence-corrected chi connectivity index (χ4v) is 2.71. The number of nitrogens with one attached hydrogen (secondary N) is 2. The molecule has 0 aliphatic carbocycles. The molecule has 0 atom stereocenters. The predicted octanol–water partition coefficient (Wildman–Crippen LogP) is 2.72. The van der Waals surface area contributed by atoms with Gasteiger partial charge in [-0.3, -0.25) is 0 Å². The predicted molar refractivity (Wildman–Crippen MR) is 94.4 cm³/mol. The van der Waals surface area contributed by atoms with Gasteiger partial charge in [0.05, 0.1) is 5.66 Å². The molecule has 0 aromatic heterocycles. The topological polar surface area (TPSA) is 76.1 Å². The van der Waals surface area contributed by atoms with E-state index in [1.54, 1.807) is 0 Å². The molecule has 0 amide bonds. The van der Waals surface area contributed by atoms with Gasteiger partial charge in [0.25, 0.3) is 0 Å². The van der Waals surface area contributed by atoms with Gasteiger partial charge in [-0.05, 0) is 52.9 Å². The first kappa shape index (κ1) is 20.8. The number of rotatable bonds is 16. The fourth-order valence-electron chi connectivity index (χ4n) is 2.71. The second-order valence-electron chi connectivity index (χ2n) is 6.48. The highest BCUT2D eigenvalue weighted by atomic mass is 14.9. The molecule has 0 fully saturated rings. The maximum absolute atomic E-state index is 6.12. The Kier molecular flexibility index (Phi) is 14.7. The molecule has 0 unspecified atom stereocenters. The first-order valence-corrected chi connectivity index (χ1v) is 8.99. The smallest absolute Gasteiger partial charge is 0.0637 e. The summed E-state index contributed by atoms with van der Waals surface area (Å²) in [5.74, 6) is 0. The molecule has 0 heterocycles. The minimum Gasteiger partial charge on any atom is -0.320 e. The van der Waals surface area contributed by atoms with E-state index in [0.717, 1.165) is 32.4 Å². The first-order valence-electron chi connectivity index (χ1n) is 8.99. The van der Waals surface area contributed by atoms with Crippen molar-refractivity contribution >= 4 is 0 Å². The standard InChI is InChI=1S/C17H40N4/c1-20-15-11-9-7-5-3-4-6-8-10-13-17(18,19)14-12-16-21-2/h20-21H,3-16,18-19H2,1-2H3. The molecule has 0 aliphatic heterocycles. The van der Waals surface area contributed by atoms with Crippen LogP contribution < -0.4 is 22.1 Å². The Morgan fingerprint density at radius 1 is 0.571 bits per heavy atom. The van der Waals surface area contributed by atoms with E-state index in [9.17, 15) is 0 Å². The van der Waals surface area contributed by atoms with Crippen LogP contribution in [0.3, 0.4) is 0 Å². The summed E-state index contributed by atoms with van der Waals surface area (Å²) in [4.78, 5) is 0. The normalized spacial score (nSPS) is 12.0. The van der Waals surface area contributed by atoms with Crippen molar-refractivity contribution in [2.75, 3.05) is 27.2 Å². The average Bonchev–Trinajstić information content (AvgIpc) is 2.45. The van der Waals surface area contributed by atoms with Crippen molar-refractivity contribution in [3.63, 3.8) is 0 Å². The summed E-state index contributed by atoms with van der Waals surface area (Å²) in [7, 11) is 3.99. The summed E-state index contributed by atoms with van der Waals surface area (Å²) >= 11 is 0. The Balaban J connectivity index is 3.23. The zero-order valence-electron chi connectivity index (χ0n) is 14.6. The molecule has 0 saturated carbocycles. The van der Waals surface area contributed by atoms with E-state index in [1.807, 2.05) is 14.1 Å². The van der Waals surface area contributed by atoms with Crippen LogP contribution in [0, 0.1) is 0 Å². The Hall–Kier alpha value is -0.160. The largest absolute Gasteiger partial charge is 0.320 e. The van der Waals surface area contributed by atoms with Crippen molar-refractivity contribution in [1.82, 2.24) is 10.6 Å². The molecule has 6 N–H and O–H groups in total. The summed E-state index contributed by atoms with van der Waals surface area (Å²) in [6.07, 6.45) is 15.0. The van der Waals surface area contributed by atoms with Gasteiger partial charge in [-0.25, -0.2) is 0 Å². The van der Waals surface area contributed by atoms with Gasteiger partial charge >= 0.3 is 0 Å². The van der Waals surface area contributed by atoms with Gasteiger partial charge < -0.3 is 22.1 Å². The minimum absolute atomic E-state index is 0.454. The van der Waals surface area contributed by atoms with E-state index in [0.29, 0.717) is 0 Å². The Morgan fingerprint density at radius 2 is 0.952 bits per heavy atom. The molecule has 0 rings (SSSR count). The third kappa shape index (κ3) is 16.0. The molecule has 4 heteroatoms. The van der Waals surface area contributed by atoms with Gasteiger partial charge in [-0.1, -0.05) is 51.4 Å². The van der Waals surface area contributed by atoms with Crippen LogP contribution in [0.25, 0.3) is 0 Å². The summed E-state index contributed by atoms with van der Waals surface area (Å²) < 4.78 is 0. The van der Waals surface area contributed by atoms with Crippen LogP contribution in [0.1, 0.15) is 77.0 Å². The molecule has 0 aliphatic rings. The number of hydrogen-bond donors (Lipinski definition) is 4. The van der Waals surface area contributed by atoms with E-state index >= 15 is 0 Å². The van der Waals surface area contributed by atoms with Gasteiger partial charge in [0.15, 0.2) is 0 Å².